The number of rotatable bonds is 5. The van der Waals surface area contributed by atoms with Crippen LogP contribution >= 0.6 is 23.2 Å². The number of pyridine rings is 1. The number of hydrogen-bond donors (Lipinski definition) is 3. The maximum atomic E-state index is 15.0. The number of carboxylic acid groups (broad SMARTS) is 1. The lowest BCUT2D eigenvalue weighted by Gasteiger charge is -2.23. The Morgan fingerprint density at radius 3 is 2.61 bits per heavy atom. The van der Waals surface area contributed by atoms with Crippen LogP contribution in [-0.2, 0) is 7.05 Å². The Bertz CT molecular complexity index is 1210. The van der Waals surface area contributed by atoms with E-state index in [-0.39, 0.29) is 23.1 Å². The summed E-state index contributed by atoms with van der Waals surface area (Å²) >= 11 is 12.5. The van der Waals surface area contributed by atoms with E-state index in [1.54, 1.807) is 20.0 Å². The van der Waals surface area contributed by atoms with Crippen molar-refractivity contribution in [2.75, 3.05) is 6.54 Å². The minimum atomic E-state index is -1.40. The Hall–Kier alpha value is -3.51. The molecule has 0 saturated carbocycles. The van der Waals surface area contributed by atoms with Gasteiger partial charge in [0, 0.05) is 28.9 Å². The highest BCUT2D eigenvalue weighted by molar-refractivity contribution is 6.37. The smallest absolute Gasteiger partial charge is 0.423 e. The normalized spacial score (nSPS) is 11.7. The zero-order valence-electron chi connectivity index (χ0n) is 17.7. The number of nitrogens with one attached hydrogen (secondary N) is 2. The van der Waals surface area contributed by atoms with Gasteiger partial charge in [-0.3, -0.25) is 4.98 Å². The van der Waals surface area contributed by atoms with E-state index in [1.807, 2.05) is 5.43 Å². The zero-order valence-corrected chi connectivity index (χ0v) is 19.2. The molecule has 2 heterocycles. The number of aromatic nitrogens is 5. The monoisotopic (exact) mass is 496 g/mol. The third kappa shape index (κ3) is 5.46. The number of urea groups is 1. The molecule has 0 spiro atoms. The molecule has 3 amide bonds. The average Bonchev–Trinajstić information content (AvgIpc) is 3.16. The molecule has 33 heavy (non-hydrogen) atoms. The third-order valence-electron chi connectivity index (χ3n) is 4.51. The van der Waals surface area contributed by atoms with Crippen LogP contribution < -0.4 is 10.7 Å². The molecular formula is C19H19Cl2FN8O3. The van der Waals surface area contributed by atoms with Crippen LogP contribution in [0.5, 0.6) is 0 Å². The minimum Gasteiger partial charge on any atom is -0.464 e. The fourth-order valence-electron chi connectivity index (χ4n) is 3.05. The van der Waals surface area contributed by atoms with Gasteiger partial charge in [-0.05, 0) is 42.8 Å². The maximum Gasteiger partial charge on any atom is 0.423 e. The van der Waals surface area contributed by atoms with Crippen molar-refractivity contribution in [2.45, 2.75) is 19.9 Å². The number of tetrazole rings is 1. The number of nitrogens with zero attached hydrogens (tertiary/aromatic N) is 6. The van der Waals surface area contributed by atoms with Gasteiger partial charge in [-0.15, -0.1) is 10.2 Å². The van der Waals surface area contributed by atoms with Gasteiger partial charge in [0.15, 0.2) is 0 Å². The van der Waals surface area contributed by atoms with Crippen molar-refractivity contribution in [3.05, 3.63) is 46.0 Å². The highest BCUT2D eigenvalue weighted by Gasteiger charge is 2.22. The van der Waals surface area contributed by atoms with E-state index in [0.717, 1.165) is 5.01 Å². The van der Waals surface area contributed by atoms with Crippen molar-refractivity contribution < 1.29 is 19.1 Å². The maximum absolute atomic E-state index is 15.0. The molecule has 0 aliphatic carbocycles. The van der Waals surface area contributed by atoms with Gasteiger partial charge in [0.1, 0.15) is 5.82 Å². The molecule has 1 atom stereocenters. The van der Waals surface area contributed by atoms with Gasteiger partial charge in [0.05, 0.1) is 23.8 Å². The summed E-state index contributed by atoms with van der Waals surface area (Å²) in [7, 11) is 1.59. The van der Waals surface area contributed by atoms with Crippen molar-refractivity contribution in [1.29, 1.82) is 0 Å². The molecule has 0 saturated heterocycles. The minimum absolute atomic E-state index is 0.0502. The molecule has 3 aromatic rings. The second-order valence-corrected chi connectivity index (χ2v) is 7.68. The standard InChI is InChI=1S/C19H19Cl2FN8O3/c1-4-30(27-19(32)33)18(31)24-9(2)16-14(22)5-10(8-23-16)12-6-11(20)7-13(21)15(12)17-25-28-29(3)26-17/h5-9,27H,4H2,1-3H3,(H,24,31)(H,32,33). The van der Waals surface area contributed by atoms with Gasteiger partial charge in [-0.2, -0.15) is 4.80 Å². The topological polar surface area (TPSA) is 138 Å². The van der Waals surface area contributed by atoms with E-state index in [1.165, 1.54) is 30.0 Å². The second kappa shape index (κ2) is 9.96. The number of halogens is 3. The van der Waals surface area contributed by atoms with E-state index in [4.69, 9.17) is 28.3 Å². The summed E-state index contributed by atoms with van der Waals surface area (Å²) in [6.45, 7) is 3.16. The summed E-state index contributed by atoms with van der Waals surface area (Å²) in [4.78, 5) is 28.5. The summed E-state index contributed by atoms with van der Waals surface area (Å²) in [5.74, 6) is -0.478. The Kier molecular flexibility index (Phi) is 7.29. The predicted molar refractivity (Wildman–Crippen MR) is 118 cm³/mol. The SMILES string of the molecule is CCN(NC(=O)O)C(=O)NC(C)c1ncc(-c2cc(Cl)cc(Cl)c2-c2nnn(C)n2)cc1F. The molecule has 2 aromatic heterocycles. The highest BCUT2D eigenvalue weighted by atomic mass is 35.5. The lowest BCUT2D eigenvalue weighted by Crippen LogP contribution is -2.50. The number of aryl methyl sites for hydroxylation is 1. The molecule has 14 heteroatoms. The van der Waals surface area contributed by atoms with Gasteiger partial charge in [0.25, 0.3) is 0 Å². The summed E-state index contributed by atoms with van der Waals surface area (Å²) < 4.78 is 15.0. The van der Waals surface area contributed by atoms with Crippen LogP contribution in [0.1, 0.15) is 25.6 Å². The fourth-order valence-corrected chi connectivity index (χ4v) is 3.63. The van der Waals surface area contributed by atoms with Crippen molar-refractivity contribution in [2.24, 2.45) is 7.05 Å². The molecular weight excluding hydrogens is 478 g/mol. The summed E-state index contributed by atoms with van der Waals surface area (Å²) in [5.41, 5.74) is 3.09. The molecule has 11 nitrogen and oxygen atoms in total. The Balaban J connectivity index is 1.93. The van der Waals surface area contributed by atoms with Gasteiger partial charge < -0.3 is 10.4 Å². The molecule has 0 bridgehead atoms. The molecule has 3 N–H and O–H groups in total. The molecule has 3 rings (SSSR count). The first-order valence-electron chi connectivity index (χ1n) is 9.57. The third-order valence-corrected chi connectivity index (χ3v) is 5.03. The summed E-state index contributed by atoms with van der Waals surface area (Å²) in [5, 5.41) is 24.6. The lowest BCUT2D eigenvalue weighted by atomic mass is 9.99. The number of carbonyl (C=O) groups is 2. The van der Waals surface area contributed by atoms with Gasteiger partial charge in [-0.1, -0.05) is 23.2 Å². The van der Waals surface area contributed by atoms with Crippen LogP contribution in [0.3, 0.4) is 0 Å². The predicted octanol–water partition coefficient (Wildman–Crippen LogP) is 3.66. The van der Waals surface area contributed by atoms with Crippen molar-refractivity contribution >= 4 is 35.3 Å². The van der Waals surface area contributed by atoms with Crippen molar-refractivity contribution in [1.82, 2.24) is 40.9 Å². The molecule has 0 aliphatic heterocycles. The number of benzene rings is 1. The molecule has 0 fully saturated rings. The largest absolute Gasteiger partial charge is 0.464 e. The summed E-state index contributed by atoms with van der Waals surface area (Å²) in [6.07, 6.45) is -0.00220. The molecule has 1 unspecified atom stereocenters. The molecule has 1 aromatic carbocycles. The van der Waals surface area contributed by atoms with Crippen LogP contribution in [0.4, 0.5) is 14.0 Å². The van der Waals surface area contributed by atoms with Gasteiger partial charge >= 0.3 is 12.1 Å². The van der Waals surface area contributed by atoms with Crippen LogP contribution in [0.2, 0.25) is 10.0 Å². The van der Waals surface area contributed by atoms with Crippen LogP contribution in [0, 0.1) is 5.82 Å². The van der Waals surface area contributed by atoms with Crippen LogP contribution in [-0.4, -0.2) is 54.0 Å². The number of carbonyl (C=O) groups excluding carboxylic acids is 1. The van der Waals surface area contributed by atoms with E-state index >= 15 is 4.39 Å². The van der Waals surface area contributed by atoms with Gasteiger partial charge in [-0.25, -0.2) is 24.4 Å². The number of hydrogen-bond acceptors (Lipinski definition) is 6. The molecule has 0 aliphatic rings. The summed E-state index contributed by atoms with van der Waals surface area (Å²) in [6, 6.07) is 2.70. The molecule has 174 valence electrons. The average molecular weight is 497 g/mol. The van der Waals surface area contributed by atoms with Crippen molar-refractivity contribution in [3.63, 3.8) is 0 Å². The first-order valence-corrected chi connectivity index (χ1v) is 10.3. The van der Waals surface area contributed by atoms with Crippen LogP contribution in [0.15, 0.2) is 24.4 Å². The van der Waals surface area contributed by atoms with E-state index in [0.29, 0.717) is 21.7 Å². The van der Waals surface area contributed by atoms with Crippen molar-refractivity contribution in [3.8, 4) is 22.5 Å². The first kappa shape index (κ1) is 24.1. The van der Waals surface area contributed by atoms with E-state index in [2.05, 4.69) is 25.7 Å². The first-order chi connectivity index (χ1) is 15.6. The Morgan fingerprint density at radius 2 is 2.03 bits per heavy atom. The second-order valence-electron chi connectivity index (χ2n) is 6.84. The Labute approximate surface area is 197 Å². The van der Waals surface area contributed by atoms with E-state index in [9.17, 15) is 9.59 Å². The number of amides is 3. The quantitative estimate of drug-likeness (QED) is 0.458. The van der Waals surface area contributed by atoms with E-state index < -0.39 is 24.0 Å². The molecule has 0 radical (unpaired) electrons. The number of hydrazine groups is 1. The lowest BCUT2D eigenvalue weighted by molar-refractivity contribution is 0.143. The fraction of sp³-hybridized carbons (Fsp3) is 0.263. The van der Waals surface area contributed by atoms with Crippen LogP contribution in [0.25, 0.3) is 22.5 Å². The Morgan fingerprint density at radius 1 is 1.30 bits per heavy atom. The highest BCUT2D eigenvalue weighted by Crippen LogP contribution is 2.38. The van der Waals surface area contributed by atoms with Gasteiger partial charge in [0.2, 0.25) is 5.82 Å². The zero-order chi connectivity index (χ0) is 24.3.